The normalized spacial score (nSPS) is 10.4. The number of aromatic nitrogens is 2. The van der Waals surface area contributed by atoms with Gasteiger partial charge in [-0.1, -0.05) is 18.2 Å². The van der Waals surface area contributed by atoms with Gasteiger partial charge in [-0.15, -0.1) is 0 Å². The SMILES string of the molecule is COc1ccc2ccc(C(=N)N)cc2c1Oc1ncccn1. The maximum Gasteiger partial charge on any atom is 0.322 e. The summed E-state index contributed by atoms with van der Waals surface area (Å²) in [5.74, 6) is 1.04. The van der Waals surface area contributed by atoms with E-state index < -0.39 is 0 Å². The van der Waals surface area contributed by atoms with Crippen LogP contribution in [0.3, 0.4) is 0 Å². The largest absolute Gasteiger partial charge is 0.493 e. The van der Waals surface area contributed by atoms with Crippen LogP contribution in [0.15, 0.2) is 48.8 Å². The lowest BCUT2D eigenvalue weighted by molar-refractivity contribution is 0.371. The van der Waals surface area contributed by atoms with Crippen molar-refractivity contribution in [2.45, 2.75) is 0 Å². The molecule has 0 saturated heterocycles. The number of methoxy groups -OCH3 is 1. The second kappa shape index (κ2) is 5.69. The highest BCUT2D eigenvalue weighted by atomic mass is 16.5. The number of hydrogen-bond acceptors (Lipinski definition) is 5. The molecule has 22 heavy (non-hydrogen) atoms. The molecule has 0 aliphatic carbocycles. The van der Waals surface area contributed by atoms with Crippen molar-refractivity contribution in [3.63, 3.8) is 0 Å². The van der Waals surface area contributed by atoms with Gasteiger partial charge in [0, 0.05) is 23.3 Å². The molecule has 0 spiro atoms. The number of nitrogens with one attached hydrogen (secondary N) is 1. The van der Waals surface area contributed by atoms with Gasteiger partial charge in [-0.2, -0.15) is 0 Å². The van der Waals surface area contributed by atoms with Gasteiger partial charge in [0.1, 0.15) is 5.84 Å². The Hall–Kier alpha value is -3.15. The summed E-state index contributed by atoms with van der Waals surface area (Å²) in [5.41, 5.74) is 6.18. The molecular weight excluding hydrogens is 280 g/mol. The Bertz CT molecular complexity index is 834. The zero-order valence-corrected chi connectivity index (χ0v) is 11.9. The van der Waals surface area contributed by atoms with E-state index in [4.69, 9.17) is 20.6 Å². The first kappa shape index (κ1) is 13.8. The van der Waals surface area contributed by atoms with Gasteiger partial charge in [-0.3, -0.25) is 5.41 Å². The molecule has 0 amide bonds. The average Bonchev–Trinajstić information content (AvgIpc) is 2.55. The van der Waals surface area contributed by atoms with Crippen LogP contribution in [0.25, 0.3) is 10.8 Å². The van der Waals surface area contributed by atoms with E-state index in [0.29, 0.717) is 17.1 Å². The van der Waals surface area contributed by atoms with E-state index in [1.807, 2.05) is 18.2 Å². The van der Waals surface area contributed by atoms with Gasteiger partial charge in [-0.25, -0.2) is 9.97 Å². The summed E-state index contributed by atoms with van der Waals surface area (Å²) in [5, 5.41) is 9.30. The lowest BCUT2D eigenvalue weighted by Crippen LogP contribution is -2.10. The fourth-order valence-electron chi connectivity index (χ4n) is 2.14. The molecule has 0 fully saturated rings. The fourth-order valence-corrected chi connectivity index (χ4v) is 2.14. The van der Waals surface area contributed by atoms with Crippen LogP contribution in [0.5, 0.6) is 17.5 Å². The summed E-state index contributed by atoms with van der Waals surface area (Å²) in [6.07, 6.45) is 3.20. The highest BCUT2D eigenvalue weighted by Gasteiger charge is 2.13. The molecule has 1 aromatic heterocycles. The van der Waals surface area contributed by atoms with Crippen molar-refractivity contribution in [1.29, 1.82) is 5.41 Å². The number of nitrogens with zero attached hydrogens (tertiary/aromatic N) is 2. The van der Waals surface area contributed by atoms with Crippen molar-refractivity contribution >= 4 is 16.6 Å². The van der Waals surface area contributed by atoms with Gasteiger partial charge in [0.25, 0.3) is 0 Å². The molecule has 3 rings (SSSR count). The number of nitrogen functional groups attached to an aromatic ring is 1. The predicted octanol–water partition coefficient (Wildman–Crippen LogP) is 2.71. The molecule has 6 nitrogen and oxygen atoms in total. The molecule has 0 atom stereocenters. The van der Waals surface area contributed by atoms with Crippen molar-refractivity contribution in [2.75, 3.05) is 7.11 Å². The monoisotopic (exact) mass is 294 g/mol. The van der Waals surface area contributed by atoms with E-state index in [1.165, 1.54) is 0 Å². The first-order valence-corrected chi connectivity index (χ1v) is 6.59. The second-order valence-corrected chi connectivity index (χ2v) is 4.58. The lowest BCUT2D eigenvalue weighted by Gasteiger charge is -2.12. The molecule has 3 N–H and O–H groups in total. The molecule has 0 saturated carbocycles. The van der Waals surface area contributed by atoms with Gasteiger partial charge in [0.05, 0.1) is 7.11 Å². The van der Waals surface area contributed by atoms with Crippen LogP contribution in [-0.4, -0.2) is 22.9 Å². The van der Waals surface area contributed by atoms with E-state index in [9.17, 15) is 0 Å². The van der Waals surface area contributed by atoms with Gasteiger partial charge in [0.2, 0.25) is 0 Å². The van der Waals surface area contributed by atoms with Crippen LogP contribution in [0.1, 0.15) is 5.56 Å². The summed E-state index contributed by atoms with van der Waals surface area (Å²) in [7, 11) is 1.56. The molecule has 3 aromatic rings. The summed E-state index contributed by atoms with van der Waals surface area (Å²) in [6, 6.07) is 11.1. The zero-order chi connectivity index (χ0) is 15.5. The van der Waals surface area contributed by atoms with E-state index in [2.05, 4.69) is 9.97 Å². The standard InChI is InChI=1S/C16H14N4O2/c1-21-13-6-5-10-3-4-11(15(17)18)9-12(10)14(13)22-16-19-7-2-8-20-16/h2-9H,1H3,(H3,17,18). The topological polar surface area (TPSA) is 94.1 Å². The third-order valence-corrected chi connectivity index (χ3v) is 3.20. The number of fused-ring (bicyclic) bond motifs is 1. The van der Waals surface area contributed by atoms with Gasteiger partial charge in [-0.05, 0) is 23.6 Å². The maximum absolute atomic E-state index is 7.58. The smallest absolute Gasteiger partial charge is 0.322 e. The molecule has 0 unspecified atom stereocenters. The van der Waals surface area contributed by atoms with E-state index in [0.717, 1.165) is 10.8 Å². The van der Waals surface area contributed by atoms with E-state index in [-0.39, 0.29) is 11.8 Å². The number of rotatable bonds is 4. The molecule has 6 heteroatoms. The summed E-state index contributed by atoms with van der Waals surface area (Å²) >= 11 is 0. The highest BCUT2D eigenvalue weighted by molar-refractivity contribution is 6.01. The molecule has 0 aliphatic rings. The number of benzene rings is 2. The molecule has 2 aromatic carbocycles. The Morgan fingerprint density at radius 3 is 2.55 bits per heavy atom. The van der Waals surface area contributed by atoms with Crippen molar-refractivity contribution in [2.24, 2.45) is 5.73 Å². The van der Waals surface area contributed by atoms with Crippen molar-refractivity contribution in [3.05, 3.63) is 54.4 Å². The fraction of sp³-hybridized carbons (Fsp3) is 0.0625. The summed E-state index contributed by atoms with van der Waals surface area (Å²) < 4.78 is 11.2. The maximum atomic E-state index is 7.58. The number of nitrogens with two attached hydrogens (primary N) is 1. The summed E-state index contributed by atoms with van der Waals surface area (Å²) in [4.78, 5) is 8.12. The van der Waals surface area contributed by atoms with Crippen molar-refractivity contribution in [3.8, 4) is 17.5 Å². The Balaban J connectivity index is 2.19. The first-order valence-electron chi connectivity index (χ1n) is 6.59. The van der Waals surface area contributed by atoms with Crippen LogP contribution in [0, 0.1) is 5.41 Å². The van der Waals surface area contributed by atoms with Crippen molar-refractivity contribution < 1.29 is 9.47 Å². The van der Waals surface area contributed by atoms with Crippen LogP contribution in [0.4, 0.5) is 0 Å². The number of hydrogen-bond donors (Lipinski definition) is 2. The number of amidine groups is 1. The molecule has 110 valence electrons. The van der Waals surface area contributed by atoms with Gasteiger partial charge in [0.15, 0.2) is 11.5 Å². The minimum Gasteiger partial charge on any atom is -0.493 e. The van der Waals surface area contributed by atoms with E-state index >= 15 is 0 Å². The third-order valence-electron chi connectivity index (χ3n) is 3.20. The first-order chi connectivity index (χ1) is 10.7. The van der Waals surface area contributed by atoms with Crippen LogP contribution >= 0.6 is 0 Å². The van der Waals surface area contributed by atoms with Crippen LogP contribution in [-0.2, 0) is 0 Å². The third kappa shape index (κ3) is 2.54. The average molecular weight is 294 g/mol. The highest BCUT2D eigenvalue weighted by Crippen LogP contribution is 2.38. The van der Waals surface area contributed by atoms with Crippen LogP contribution in [0.2, 0.25) is 0 Å². The Labute approximate surface area is 127 Å². The minimum absolute atomic E-state index is 0.00775. The van der Waals surface area contributed by atoms with E-state index in [1.54, 1.807) is 37.7 Å². The molecule has 0 radical (unpaired) electrons. The quantitative estimate of drug-likeness (QED) is 0.570. The predicted molar refractivity (Wildman–Crippen MR) is 83.6 cm³/mol. The molecular formula is C16H14N4O2. The molecule has 0 aliphatic heterocycles. The van der Waals surface area contributed by atoms with Gasteiger partial charge < -0.3 is 15.2 Å². The Morgan fingerprint density at radius 2 is 1.86 bits per heavy atom. The minimum atomic E-state index is -0.00775. The van der Waals surface area contributed by atoms with Crippen LogP contribution < -0.4 is 15.2 Å². The van der Waals surface area contributed by atoms with Gasteiger partial charge >= 0.3 is 6.01 Å². The second-order valence-electron chi connectivity index (χ2n) is 4.58. The summed E-state index contributed by atoms with van der Waals surface area (Å²) in [6.45, 7) is 0. The van der Waals surface area contributed by atoms with Crippen molar-refractivity contribution in [1.82, 2.24) is 9.97 Å². The molecule has 1 heterocycles. The Morgan fingerprint density at radius 1 is 1.14 bits per heavy atom. The number of ether oxygens (including phenoxy) is 2. The molecule has 0 bridgehead atoms. The lowest BCUT2D eigenvalue weighted by atomic mass is 10.0. The Kier molecular flexibility index (Phi) is 3.57. The zero-order valence-electron chi connectivity index (χ0n) is 11.9.